The Balaban J connectivity index is 0.00000180. The van der Waals surface area contributed by atoms with E-state index >= 15 is 0 Å². The van der Waals surface area contributed by atoms with Gasteiger partial charge in [0.15, 0.2) is 0 Å². The first kappa shape index (κ1) is 19.5. The zero-order valence-electron chi connectivity index (χ0n) is 12.4. The predicted molar refractivity (Wildman–Crippen MR) is 92.3 cm³/mol. The summed E-state index contributed by atoms with van der Waals surface area (Å²) in [7, 11) is 0. The van der Waals surface area contributed by atoms with Crippen molar-refractivity contribution in [1.29, 1.82) is 0 Å². The van der Waals surface area contributed by atoms with Crippen LogP contribution in [-0.2, 0) is 0 Å². The van der Waals surface area contributed by atoms with Gasteiger partial charge in [-0.3, -0.25) is 4.90 Å². The van der Waals surface area contributed by atoms with Crippen LogP contribution in [0.25, 0.3) is 0 Å². The lowest BCUT2D eigenvalue weighted by atomic mass is 9.97. The Hall–Kier alpha value is -0.540. The molecule has 0 aliphatic carbocycles. The average molecular weight is 317 g/mol. The Kier molecular flexibility index (Phi) is 9.15. The SMILES string of the molecule is C=C(C)C[C@H](c1ccc(C)cc1)N1CCNCC1.Cl.Cl. The maximum Gasteiger partial charge on any atom is 0.0386 e. The van der Waals surface area contributed by atoms with Crippen molar-refractivity contribution in [1.82, 2.24) is 10.2 Å². The number of hydrogen-bond donors (Lipinski definition) is 1. The van der Waals surface area contributed by atoms with Crippen LogP contribution >= 0.6 is 24.8 Å². The Morgan fingerprint density at radius 2 is 1.75 bits per heavy atom. The Bertz CT molecular complexity index is 397. The molecular formula is C16H26Cl2N2. The van der Waals surface area contributed by atoms with Gasteiger partial charge in [-0.2, -0.15) is 0 Å². The summed E-state index contributed by atoms with van der Waals surface area (Å²) in [4.78, 5) is 2.58. The van der Waals surface area contributed by atoms with Crippen molar-refractivity contribution in [2.75, 3.05) is 26.2 Å². The number of halogens is 2. The molecule has 1 atom stereocenters. The molecule has 20 heavy (non-hydrogen) atoms. The summed E-state index contributed by atoms with van der Waals surface area (Å²) < 4.78 is 0. The molecule has 0 aromatic heterocycles. The molecule has 1 fully saturated rings. The largest absolute Gasteiger partial charge is 0.314 e. The van der Waals surface area contributed by atoms with E-state index in [9.17, 15) is 0 Å². The summed E-state index contributed by atoms with van der Waals surface area (Å²) in [6, 6.07) is 9.45. The summed E-state index contributed by atoms with van der Waals surface area (Å²) in [5.74, 6) is 0. The van der Waals surface area contributed by atoms with E-state index in [-0.39, 0.29) is 24.8 Å². The maximum absolute atomic E-state index is 4.09. The van der Waals surface area contributed by atoms with Gasteiger partial charge in [0.05, 0.1) is 0 Å². The molecule has 1 aromatic carbocycles. The summed E-state index contributed by atoms with van der Waals surface area (Å²) in [5, 5.41) is 3.42. The van der Waals surface area contributed by atoms with Crippen LogP contribution in [0.3, 0.4) is 0 Å². The third-order valence-corrected chi connectivity index (χ3v) is 3.60. The van der Waals surface area contributed by atoms with Gasteiger partial charge in [0.2, 0.25) is 0 Å². The fraction of sp³-hybridized carbons (Fsp3) is 0.500. The van der Waals surface area contributed by atoms with Gasteiger partial charge in [-0.05, 0) is 25.8 Å². The minimum absolute atomic E-state index is 0. The predicted octanol–water partition coefficient (Wildman–Crippen LogP) is 3.75. The van der Waals surface area contributed by atoms with Crippen LogP contribution in [-0.4, -0.2) is 31.1 Å². The van der Waals surface area contributed by atoms with Gasteiger partial charge in [-0.15, -0.1) is 31.4 Å². The quantitative estimate of drug-likeness (QED) is 0.851. The fourth-order valence-corrected chi connectivity index (χ4v) is 2.57. The highest BCUT2D eigenvalue weighted by molar-refractivity contribution is 5.85. The zero-order valence-corrected chi connectivity index (χ0v) is 14.0. The number of nitrogens with one attached hydrogen (secondary N) is 1. The Morgan fingerprint density at radius 3 is 2.25 bits per heavy atom. The molecule has 0 bridgehead atoms. The fourth-order valence-electron chi connectivity index (χ4n) is 2.57. The maximum atomic E-state index is 4.09. The lowest BCUT2D eigenvalue weighted by Gasteiger charge is -2.35. The van der Waals surface area contributed by atoms with Crippen molar-refractivity contribution in [3.05, 3.63) is 47.5 Å². The number of rotatable bonds is 4. The van der Waals surface area contributed by atoms with Crippen LogP contribution in [0.15, 0.2) is 36.4 Å². The van der Waals surface area contributed by atoms with Gasteiger partial charge < -0.3 is 5.32 Å². The first-order chi connectivity index (χ1) is 8.66. The van der Waals surface area contributed by atoms with Gasteiger partial charge in [0.1, 0.15) is 0 Å². The second-order valence-electron chi connectivity index (χ2n) is 5.37. The van der Waals surface area contributed by atoms with E-state index in [1.807, 2.05) is 0 Å². The standard InChI is InChI=1S/C16H24N2.2ClH/c1-13(2)12-16(18-10-8-17-9-11-18)15-6-4-14(3)5-7-15;;/h4-7,16-17H,1,8-12H2,2-3H3;2*1H/t16-;;/m1../s1. The van der Waals surface area contributed by atoms with Crippen molar-refractivity contribution in [2.45, 2.75) is 26.3 Å². The van der Waals surface area contributed by atoms with Crippen LogP contribution in [0.2, 0.25) is 0 Å². The highest BCUT2D eigenvalue weighted by Crippen LogP contribution is 2.27. The van der Waals surface area contributed by atoms with Crippen molar-refractivity contribution in [3.63, 3.8) is 0 Å². The molecule has 0 spiro atoms. The number of benzene rings is 1. The molecule has 1 aromatic rings. The monoisotopic (exact) mass is 316 g/mol. The number of piperazine rings is 1. The molecular weight excluding hydrogens is 291 g/mol. The first-order valence-corrected chi connectivity index (χ1v) is 6.82. The lowest BCUT2D eigenvalue weighted by Crippen LogP contribution is -2.45. The minimum Gasteiger partial charge on any atom is -0.314 e. The van der Waals surface area contributed by atoms with Crippen LogP contribution in [0.1, 0.15) is 30.5 Å². The van der Waals surface area contributed by atoms with Gasteiger partial charge in [-0.25, -0.2) is 0 Å². The molecule has 1 saturated heterocycles. The number of aryl methyl sites for hydroxylation is 1. The van der Waals surface area contributed by atoms with Crippen molar-refractivity contribution >= 4 is 24.8 Å². The molecule has 0 amide bonds. The third-order valence-electron chi connectivity index (χ3n) is 3.60. The molecule has 1 aliphatic rings. The van der Waals surface area contributed by atoms with Crippen LogP contribution in [0.4, 0.5) is 0 Å². The van der Waals surface area contributed by atoms with Crippen LogP contribution < -0.4 is 5.32 Å². The van der Waals surface area contributed by atoms with Gasteiger partial charge in [-0.1, -0.05) is 35.4 Å². The van der Waals surface area contributed by atoms with Crippen molar-refractivity contribution in [2.24, 2.45) is 0 Å². The minimum atomic E-state index is 0. The molecule has 1 aliphatic heterocycles. The number of hydrogen-bond acceptors (Lipinski definition) is 2. The Morgan fingerprint density at radius 1 is 1.20 bits per heavy atom. The van der Waals surface area contributed by atoms with Crippen molar-refractivity contribution in [3.8, 4) is 0 Å². The molecule has 0 saturated carbocycles. The average Bonchev–Trinajstić information content (AvgIpc) is 2.38. The molecule has 2 nitrogen and oxygen atoms in total. The molecule has 2 rings (SSSR count). The summed E-state index contributed by atoms with van der Waals surface area (Å²) in [5.41, 5.74) is 4.01. The van der Waals surface area contributed by atoms with Crippen LogP contribution in [0, 0.1) is 6.92 Å². The van der Waals surface area contributed by atoms with E-state index in [0.29, 0.717) is 6.04 Å². The lowest BCUT2D eigenvalue weighted by molar-refractivity contribution is 0.172. The van der Waals surface area contributed by atoms with Crippen LogP contribution in [0.5, 0.6) is 0 Å². The third kappa shape index (κ3) is 5.45. The number of nitrogens with zero attached hydrogens (tertiary/aromatic N) is 1. The van der Waals surface area contributed by atoms with E-state index < -0.39 is 0 Å². The highest BCUT2D eigenvalue weighted by Gasteiger charge is 2.21. The molecule has 1 N–H and O–H groups in total. The second-order valence-corrected chi connectivity index (χ2v) is 5.37. The molecule has 0 radical (unpaired) electrons. The zero-order chi connectivity index (χ0) is 13.0. The second kappa shape index (κ2) is 9.41. The summed E-state index contributed by atoms with van der Waals surface area (Å²) in [6.45, 7) is 12.8. The molecule has 4 heteroatoms. The van der Waals surface area contributed by atoms with E-state index in [0.717, 1.165) is 32.6 Å². The van der Waals surface area contributed by atoms with Gasteiger partial charge in [0, 0.05) is 32.2 Å². The van der Waals surface area contributed by atoms with E-state index in [1.165, 1.54) is 16.7 Å². The van der Waals surface area contributed by atoms with E-state index in [2.05, 4.69) is 54.9 Å². The summed E-state index contributed by atoms with van der Waals surface area (Å²) >= 11 is 0. The topological polar surface area (TPSA) is 15.3 Å². The van der Waals surface area contributed by atoms with Gasteiger partial charge >= 0.3 is 0 Å². The molecule has 1 heterocycles. The van der Waals surface area contributed by atoms with E-state index in [1.54, 1.807) is 0 Å². The summed E-state index contributed by atoms with van der Waals surface area (Å²) in [6.07, 6.45) is 1.06. The Labute approximate surface area is 135 Å². The first-order valence-electron chi connectivity index (χ1n) is 6.82. The normalized spacial score (nSPS) is 16.7. The van der Waals surface area contributed by atoms with Crippen molar-refractivity contribution < 1.29 is 0 Å². The molecule has 114 valence electrons. The van der Waals surface area contributed by atoms with Gasteiger partial charge in [0.25, 0.3) is 0 Å². The smallest absolute Gasteiger partial charge is 0.0386 e. The highest BCUT2D eigenvalue weighted by atomic mass is 35.5. The molecule has 0 unspecified atom stereocenters. The van der Waals surface area contributed by atoms with E-state index in [4.69, 9.17) is 0 Å².